The third kappa shape index (κ3) is 4.99. The van der Waals surface area contributed by atoms with Crippen LogP contribution in [0.2, 0.25) is 5.15 Å². The number of pyridine rings is 1. The van der Waals surface area contributed by atoms with Crippen molar-refractivity contribution >= 4 is 38.9 Å². The van der Waals surface area contributed by atoms with Crippen LogP contribution >= 0.6 is 27.5 Å². The molecule has 0 fully saturated rings. The van der Waals surface area contributed by atoms with E-state index in [9.17, 15) is 24.0 Å². The van der Waals surface area contributed by atoms with Gasteiger partial charge in [0.25, 0.3) is 0 Å². The molecule has 0 saturated carbocycles. The number of hydrogen-bond acceptors (Lipinski definition) is 6. The maximum atomic E-state index is 12.7. The number of ether oxygens (including phenoxy) is 1. The fourth-order valence-corrected chi connectivity index (χ4v) is 3.13. The summed E-state index contributed by atoms with van der Waals surface area (Å²) in [6.07, 6.45) is 1.05. The van der Waals surface area contributed by atoms with Gasteiger partial charge >= 0.3 is 12.3 Å². The number of anilines is 1. The Kier molecular flexibility index (Phi) is 7.06. The van der Waals surface area contributed by atoms with Crippen LogP contribution in [0.5, 0.6) is 5.75 Å². The fraction of sp³-hybridized carbons (Fsp3) is 0.267. The fourth-order valence-electron chi connectivity index (χ4n) is 2.34. The van der Waals surface area contributed by atoms with Crippen molar-refractivity contribution in [2.24, 2.45) is 0 Å². The molecule has 1 unspecified atom stereocenters. The number of alkyl halides is 2. The summed E-state index contributed by atoms with van der Waals surface area (Å²) >= 11 is 9.07. The maximum Gasteiger partial charge on any atom is 0.387 e. The molecular formula is C15H13BrClF2N3O4. The zero-order valence-electron chi connectivity index (χ0n) is 13.0. The number of aliphatic hydroxyl groups excluding tert-OH is 1. The summed E-state index contributed by atoms with van der Waals surface area (Å²) in [4.78, 5) is 14.2. The molecule has 1 atom stereocenters. The molecule has 1 aromatic heterocycles. The van der Waals surface area contributed by atoms with Gasteiger partial charge in [-0.2, -0.15) is 8.78 Å². The Morgan fingerprint density at radius 2 is 2.19 bits per heavy atom. The summed E-state index contributed by atoms with van der Waals surface area (Å²) in [5.74, 6) is -0.122. The number of benzene rings is 1. The normalized spacial score (nSPS) is 12.1. The second kappa shape index (κ2) is 9.06. The van der Waals surface area contributed by atoms with Gasteiger partial charge in [-0.3, -0.25) is 10.1 Å². The van der Waals surface area contributed by atoms with E-state index in [1.54, 1.807) is 6.07 Å². The highest BCUT2D eigenvalue weighted by Gasteiger charge is 2.24. The first-order chi connectivity index (χ1) is 12.3. The monoisotopic (exact) mass is 451 g/mol. The molecule has 0 aliphatic carbocycles. The van der Waals surface area contributed by atoms with Crippen molar-refractivity contribution < 1.29 is 23.5 Å². The van der Waals surface area contributed by atoms with E-state index < -0.39 is 17.6 Å². The van der Waals surface area contributed by atoms with E-state index in [2.05, 4.69) is 31.0 Å². The van der Waals surface area contributed by atoms with Gasteiger partial charge in [0, 0.05) is 22.7 Å². The Morgan fingerprint density at radius 3 is 2.81 bits per heavy atom. The average molecular weight is 453 g/mol. The minimum absolute atomic E-state index is 0.0111. The lowest BCUT2D eigenvalue weighted by Gasteiger charge is -2.23. The minimum Gasteiger partial charge on any atom is -0.434 e. The Morgan fingerprint density at radius 1 is 1.46 bits per heavy atom. The zero-order valence-corrected chi connectivity index (χ0v) is 15.4. The molecule has 1 heterocycles. The molecule has 0 saturated heterocycles. The molecule has 7 nitrogen and oxygen atoms in total. The molecule has 0 bridgehead atoms. The summed E-state index contributed by atoms with van der Waals surface area (Å²) in [6, 6.07) is 4.92. The minimum atomic E-state index is -3.05. The van der Waals surface area contributed by atoms with Crippen LogP contribution in [0.4, 0.5) is 20.2 Å². The van der Waals surface area contributed by atoms with Crippen molar-refractivity contribution in [2.75, 3.05) is 11.9 Å². The molecule has 2 N–H and O–H groups in total. The van der Waals surface area contributed by atoms with E-state index in [-0.39, 0.29) is 40.9 Å². The lowest BCUT2D eigenvalue weighted by Crippen LogP contribution is -2.16. The standard InChI is InChI=1S/C15H13BrClF2N3O4/c16-8-2-1-3-12(26-15(18)19)14(8)9(4-5-23)21-10-6-13(17)20-7-11(10)22(24)25/h1-3,6-7,9,15,23H,4-5H2,(H,20,21). The van der Waals surface area contributed by atoms with E-state index in [1.807, 2.05) is 0 Å². The predicted molar refractivity (Wildman–Crippen MR) is 94.7 cm³/mol. The molecule has 0 radical (unpaired) electrons. The van der Waals surface area contributed by atoms with Crippen molar-refractivity contribution in [3.63, 3.8) is 0 Å². The van der Waals surface area contributed by atoms with Gasteiger partial charge in [-0.15, -0.1) is 0 Å². The van der Waals surface area contributed by atoms with Crippen LogP contribution in [-0.4, -0.2) is 28.2 Å². The Bertz CT molecular complexity index is 797. The third-order valence-electron chi connectivity index (χ3n) is 3.37. The molecule has 140 valence electrons. The second-order valence-corrected chi connectivity index (χ2v) is 6.26. The van der Waals surface area contributed by atoms with Crippen LogP contribution in [0.3, 0.4) is 0 Å². The predicted octanol–water partition coefficient (Wildman–Crippen LogP) is 4.54. The SMILES string of the molecule is O=[N+]([O-])c1cnc(Cl)cc1NC(CCO)c1c(Br)cccc1OC(F)F. The van der Waals surface area contributed by atoms with Crippen LogP contribution in [-0.2, 0) is 0 Å². The molecule has 26 heavy (non-hydrogen) atoms. The molecule has 0 aliphatic heterocycles. The molecule has 2 rings (SSSR count). The number of aliphatic hydroxyl groups is 1. The number of nitro groups is 1. The van der Waals surface area contributed by atoms with Gasteiger partial charge in [0.15, 0.2) is 0 Å². The van der Waals surface area contributed by atoms with Gasteiger partial charge in [-0.05, 0) is 18.6 Å². The highest BCUT2D eigenvalue weighted by molar-refractivity contribution is 9.10. The summed E-state index contributed by atoms with van der Waals surface area (Å²) < 4.78 is 30.4. The van der Waals surface area contributed by atoms with Crippen LogP contribution in [0.25, 0.3) is 0 Å². The van der Waals surface area contributed by atoms with Gasteiger partial charge in [0.2, 0.25) is 0 Å². The quantitative estimate of drug-likeness (QED) is 0.347. The van der Waals surface area contributed by atoms with Gasteiger partial charge in [0.1, 0.15) is 22.8 Å². The number of nitrogens with one attached hydrogen (secondary N) is 1. The molecule has 11 heteroatoms. The number of nitrogens with zero attached hydrogens (tertiary/aromatic N) is 2. The van der Waals surface area contributed by atoms with Crippen LogP contribution in [0, 0.1) is 10.1 Å². The van der Waals surface area contributed by atoms with Gasteiger partial charge in [-0.25, -0.2) is 4.98 Å². The molecular weight excluding hydrogens is 440 g/mol. The highest BCUT2D eigenvalue weighted by Crippen LogP contribution is 2.38. The third-order valence-corrected chi connectivity index (χ3v) is 4.27. The summed E-state index contributed by atoms with van der Waals surface area (Å²) in [6.45, 7) is -3.36. The first kappa shape index (κ1) is 20.3. The van der Waals surface area contributed by atoms with Crippen LogP contribution < -0.4 is 10.1 Å². The smallest absolute Gasteiger partial charge is 0.387 e. The summed E-state index contributed by atoms with van der Waals surface area (Å²) in [7, 11) is 0. The van der Waals surface area contributed by atoms with Crippen molar-refractivity contribution in [3.05, 3.63) is 55.8 Å². The van der Waals surface area contributed by atoms with E-state index in [1.165, 1.54) is 18.2 Å². The van der Waals surface area contributed by atoms with Gasteiger partial charge in [0.05, 0.1) is 11.0 Å². The maximum absolute atomic E-state index is 12.7. The summed E-state index contributed by atoms with van der Waals surface area (Å²) in [5, 5.41) is 23.4. The van der Waals surface area contributed by atoms with E-state index in [0.29, 0.717) is 4.47 Å². The molecule has 0 aliphatic rings. The van der Waals surface area contributed by atoms with Gasteiger partial charge in [-0.1, -0.05) is 33.6 Å². The van der Waals surface area contributed by atoms with Crippen LogP contribution in [0.15, 0.2) is 34.9 Å². The van der Waals surface area contributed by atoms with Crippen LogP contribution in [0.1, 0.15) is 18.0 Å². The Hall–Kier alpha value is -2.04. The Labute approximate surface area is 160 Å². The number of rotatable bonds is 8. The van der Waals surface area contributed by atoms with Crippen molar-refractivity contribution in [2.45, 2.75) is 19.1 Å². The second-order valence-electron chi connectivity index (χ2n) is 5.02. The average Bonchev–Trinajstić information content (AvgIpc) is 2.54. The van der Waals surface area contributed by atoms with Crippen molar-refractivity contribution in [3.8, 4) is 5.75 Å². The molecule has 0 amide bonds. The van der Waals surface area contributed by atoms with Gasteiger partial charge < -0.3 is 15.2 Å². The number of halogens is 4. The van der Waals surface area contributed by atoms with E-state index >= 15 is 0 Å². The van der Waals surface area contributed by atoms with Crippen molar-refractivity contribution in [1.82, 2.24) is 4.98 Å². The van der Waals surface area contributed by atoms with E-state index in [0.717, 1.165) is 6.20 Å². The van der Waals surface area contributed by atoms with Crippen molar-refractivity contribution in [1.29, 1.82) is 0 Å². The first-order valence-electron chi connectivity index (χ1n) is 7.24. The number of aromatic nitrogens is 1. The first-order valence-corrected chi connectivity index (χ1v) is 8.41. The van der Waals surface area contributed by atoms with E-state index in [4.69, 9.17) is 11.6 Å². The zero-order chi connectivity index (χ0) is 19.3. The topological polar surface area (TPSA) is 97.5 Å². The molecule has 1 aromatic carbocycles. The highest BCUT2D eigenvalue weighted by atomic mass is 79.9. The molecule has 0 spiro atoms. The summed E-state index contributed by atoms with van der Waals surface area (Å²) in [5.41, 5.74) is -0.0306. The number of hydrogen-bond donors (Lipinski definition) is 2. The molecule has 2 aromatic rings. The lowest BCUT2D eigenvalue weighted by atomic mass is 10.0. The largest absolute Gasteiger partial charge is 0.434 e. The lowest BCUT2D eigenvalue weighted by molar-refractivity contribution is -0.384. The Balaban J connectivity index is 2.49.